The monoisotopic (exact) mass is 164 g/mol. The van der Waals surface area contributed by atoms with Gasteiger partial charge in [0.25, 0.3) is 0 Å². The van der Waals surface area contributed by atoms with Gasteiger partial charge in [0.05, 0.1) is 0 Å². The van der Waals surface area contributed by atoms with Crippen molar-refractivity contribution in [2.45, 2.75) is 32.2 Å². The van der Waals surface area contributed by atoms with Crippen LogP contribution in [-0.2, 0) is 0 Å². The number of rotatable bonds is 4. The lowest BCUT2D eigenvalue weighted by molar-refractivity contribution is 0.603. The molecular formula is C10H16N2. The van der Waals surface area contributed by atoms with Gasteiger partial charge in [-0.2, -0.15) is 0 Å². The molecule has 1 rings (SSSR count). The third-order valence-corrected chi connectivity index (χ3v) is 2.00. The molecule has 1 aromatic heterocycles. The molecule has 0 aliphatic heterocycles. The summed E-state index contributed by atoms with van der Waals surface area (Å²) < 4.78 is 0. The van der Waals surface area contributed by atoms with E-state index in [4.69, 9.17) is 5.73 Å². The number of pyridine rings is 1. The van der Waals surface area contributed by atoms with Gasteiger partial charge < -0.3 is 5.73 Å². The molecule has 0 radical (unpaired) electrons. The molecule has 1 atom stereocenters. The van der Waals surface area contributed by atoms with Crippen molar-refractivity contribution in [3.63, 3.8) is 0 Å². The summed E-state index contributed by atoms with van der Waals surface area (Å²) in [6.07, 6.45) is 7.06. The first kappa shape index (κ1) is 9.20. The summed E-state index contributed by atoms with van der Waals surface area (Å²) >= 11 is 0. The van der Waals surface area contributed by atoms with Crippen molar-refractivity contribution in [2.75, 3.05) is 0 Å². The molecule has 0 aliphatic rings. The molecule has 0 saturated heterocycles. The summed E-state index contributed by atoms with van der Waals surface area (Å²) in [5, 5.41) is 0. The van der Waals surface area contributed by atoms with Crippen LogP contribution in [0.1, 0.15) is 37.8 Å². The van der Waals surface area contributed by atoms with Gasteiger partial charge in [-0.15, -0.1) is 0 Å². The quantitative estimate of drug-likeness (QED) is 0.741. The zero-order valence-corrected chi connectivity index (χ0v) is 7.53. The van der Waals surface area contributed by atoms with Crippen molar-refractivity contribution in [2.24, 2.45) is 5.73 Å². The Hall–Kier alpha value is -0.890. The van der Waals surface area contributed by atoms with Gasteiger partial charge in [0.2, 0.25) is 0 Å². The summed E-state index contributed by atoms with van der Waals surface area (Å²) in [6.45, 7) is 2.18. The number of aromatic nitrogens is 1. The molecule has 0 aliphatic carbocycles. The van der Waals surface area contributed by atoms with E-state index in [-0.39, 0.29) is 6.04 Å². The zero-order chi connectivity index (χ0) is 8.81. The van der Waals surface area contributed by atoms with E-state index in [1.54, 1.807) is 12.4 Å². The molecule has 1 aromatic rings. The molecule has 0 bridgehead atoms. The maximum atomic E-state index is 5.95. The topological polar surface area (TPSA) is 38.9 Å². The van der Waals surface area contributed by atoms with E-state index in [1.807, 2.05) is 12.1 Å². The summed E-state index contributed by atoms with van der Waals surface area (Å²) in [4.78, 5) is 3.95. The van der Waals surface area contributed by atoms with E-state index in [2.05, 4.69) is 11.9 Å². The predicted molar refractivity (Wildman–Crippen MR) is 50.7 cm³/mol. The molecule has 0 amide bonds. The Bertz CT molecular complexity index is 208. The third-order valence-electron chi connectivity index (χ3n) is 2.00. The second-order valence-corrected chi connectivity index (χ2v) is 3.03. The van der Waals surface area contributed by atoms with Crippen LogP contribution < -0.4 is 5.73 Å². The smallest absolute Gasteiger partial charge is 0.0295 e. The maximum Gasteiger partial charge on any atom is 0.0295 e. The van der Waals surface area contributed by atoms with Crippen LogP contribution in [-0.4, -0.2) is 4.98 Å². The predicted octanol–water partition coefficient (Wildman–Crippen LogP) is 2.27. The van der Waals surface area contributed by atoms with Crippen LogP contribution in [0.15, 0.2) is 24.5 Å². The van der Waals surface area contributed by atoms with E-state index < -0.39 is 0 Å². The van der Waals surface area contributed by atoms with E-state index in [0.717, 1.165) is 6.42 Å². The Balaban J connectivity index is 2.48. The molecule has 0 fully saturated rings. The van der Waals surface area contributed by atoms with Gasteiger partial charge in [-0.3, -0.25) is 4.98 Å². The summed E-state index contributed by atoms with van der Waals surface area (Å²) in [6, 6.07) is 4.16. The SMILES string of the molecule is CCCC[C@@H](N)c1ccncc1. The fourth-order valence-electron chi connectivity index (χ4n) is 1.20. The molecule has 0 unspecified atom stereocenters. The molecule has 12 heavy (non-hydrogen) atoms. The molecule has 2 N–H and O–H groups in total. The molecule has 66 valence electrons. The van der Waals surface area contributed by atoms with E-state index in [0.29, 0.717) is 0 Å². The van der Waals surface area contributed by atoms with Crippen LogP contribution in [0.4, 0.5) is 0 Å². The van der Waals surface area contributed by atoms with Gasteiger partial charge in [-0.05, 0) is 24.1 Å². The van der Waals surface area contributed by atoms with Crippen molar-refractivity contribution in [3.05, 3.63) is 30.1 Å². The van der Waals surface area contributed by atoms with E-state index in [1.165, 1.54) is 18.4 Å². The van der Waals surface area contributed by atoms with Crippen LogP contribution in [0.3, 0.4) is 0 Å². The summed E-state index contributed by atoms with van der Waals surface area (Å²) in [5.74, 6) is 0. The first-order chi connectivity index (χ1) is 5.84. The molecule has 2 nitrogen and oxygen atoms in total. The Labute approximate surface area is 73.8 Å². The highest BCUT2D eigenvalue weighted by Crippen LogP contribution is 2.14. The van der Waals surface area contributed by atoms with Gasteiger partial charge in [-0.25, -0.2) is 0 Å². The van der Waals surface area contributed by atoms with Gasteiger partial charge in [0.1, 0.15) is 0 Å². The third kappa shape index (κ3) is 2.62. The van der Waals surface area contributed by atoms with Crippen molar-refractivity contribution < 1.29 is 0 Å². The zero-order valence-electron chi connectivity index (χ0n) is 7.53. The first-order valence-electron chi connectivity index (χ1n) is 4.50. The highest BCUT2D eigenvalue weighted by atomic mass is 14.6. The standard InChI is InChI=1S/C10H16N2/c1-2-3-4-10(11)9-5-7-12-8-6-9/h5-8,10H,2-4,11H2,1H3/t10-/m1/s1. The largest absolute Gasteiger partial charge is 0.324 e. The van der Waals surface area contributed by atoms with Crippen LogP contribution >= 0.6 is 0 Å². The molecule has 0 saturated carbocycles. The highest BCUT2D eigenvalue weighted by Gasteiger charge is 2.03. The second kappa shape index (κ2) is 4.88. The molecular weight excluding hydrogens is 148 g/mol. The normalized spacial score (nSPS) is 12.8. The molecule has 0 spiro atoms. The average molecular weight is 164 g/mol. The van der Waals surface area contributed by atoms with E-state index in [9.17, 15) is 0 Å². The van der Waals surface area contributed by atoms with Gasteiger partial charge in [0, 0.05) is 18.4 Å². The minimum Gasteiger partial charge on any atom is -0.324 e. The minimum atomic E-state index is 0.188. The fourth-order valence-corrected chi connectivity index (χ4v) is 1.20. The molecule has 0 aromatic carbocycles. The number of hydrogen-bond acceptors (Lipinski definition) is 2. The Morgan fingerprint density at radius 1 is 1.42 bits per heavy atom. The van der Waals surface area contributed by atoms with Gasteiger partial charge in [0.15, 0.2) is 0 Å². The second-order valence-electron chi connectivity index (χ2n) is 3.03. The van der Waals surface area contributed by atoms with E-state index >= 15 is 0 Å². The summed E-state index contributed by atoms with van der Waals surface area (Å²) in [5.41, 5.74) is 7.15. The van der Waals surface area contributed by atoms with Crippen molar-refractivity contribution >= 4 is 0 Å². The maximum absolute atomic E-state index is 5.95. The Morgan fingerprint density at radius 2 is 2.08 bits per heavy atom. The number of unbranched alkanes of at least 4 members (excludes halogenated alkanes) is 1. The van der Waals surface area contributed by atoms with Crippen molar-refractivity contribution in [1.29, 1.82) is 0 Å². The van der Waals surface area contributed by atoms with Gasteiger partial charge in [-0.1, -0.05) is 19.8 Å². The van der Waals surface area contributed by atoms with Crippen LogP contribution in [0, 0.1) is 0 Å². The van der Waals surface area contributed by atoms with Crippen LogP contribution in [0.25, 0.3) is 0 Å². The van der Waals surface area contributed by atoms with Crippen molar-refractivity contribution in [1.82, 2.24) is 4.98 Å². The minimum absolute atomic E-state index is 0.188. The van der Waals surface area contributed by atoms with Crippen LogP contribution in [0.2, 0.25) is 0 Å². The lowest BCUT2D eigenvalue weighted by atomic mass is 10.0. The Kier molecular flexibility index (Phi) is 3.74. The lowest BCUT2D eigenvalue weighted by Gasteiger charge is -2.09. The van der Waals surface area contributed by atoms with Crippen LogP contribution in [0.5, 0.6) is 0 Å². The fraction of sp³-hybridized carbons (Fsp3) is 0.500. The summed E-state index contributed by atoms with van der Waals surface area (Å²) in [7, 11) is 0. The number of hydrogen-bond donors (Lipinski definition) is 1. The van der Waals surface area contributed by atoms with Crippen molar-refractivity contribution in [3.8, 4) is 0 Å². The lowest BCUT2D eigenvalue weighted by Crippen LogP contribution is -2.09. The number of nitrogens with zero attached hydrogens (tertiary/aromatic N) is 1. The average Bonchev–Trinajstić information content (AvgIpc) is 2.15. The first-order valence-corrected chi connectivity index (χ1v) is 4.50. The van der Waals surface area contributed by atoms with Gasteiger partial charge >= 0.3 is 0 Å². The highest BCUT2D eigenvalue weighted by molar-refractivity contribution is 5.13. The molecule has 1 heterocycles. The molecule has 2 heteroatoms. The number of nitrogens with two attached hydrogens (primary N) is 1. The Morgan fingerprint density at radius 3 is 2.67 bits per heavy atom.